The molecule has 0 aromatic heterocycles. The SMILES string of the molecule is COc1ccc([C@H]2OC[C@H]3[C@H](c4ccc(OC)c(OC)c4)OC[C@]23O)cc1OC. The third-order valence-electron chi connectivity index (χ3n) is 5.84. The Labute approximate surface area is 170 Å². The topological polar surface area (TPSA) is 75.6 Å². The first-order chi connectivity index (χ1) is 14.0. The van der Waals surface area contributed by atoms with Crippen LogP contribution in [0.15, 0.2) is 36.4 Å². The van der Waals surface area contributed by atoms with Crippen molar-refractivity contribution in [3.63, 3.8) is 0 Å². The van der Waals surface area contributed by atoms with Crippen LogP contribution >= 0.6 is 0 Å². The number of methoxy groups -OCH3 is 4. The summed E-state index contributed by atoms with van der Waals surface area (Å²) in [6, 6.07) is 11.2. The lowest BCUT2D eigenvalue weighted by Gasteiger charge is -2.27. The maximum Gasteiger partial charge on any atom is 0.161 e. The lowest BCUT2D eigenvalue weighted by Crippen LogP contribution is -2.39. The average Bonchev–Trinajstić information content (AvgIpc) is 3.27. The molecule has 4 atom stereocenters. The summed E-state index contributed by atoms with van der Waals surface area (Å²) in [6.45, 7) is 0.560. The average molecular weight is 402 g/mol. The van der Waals surface area contributed by atoms with Gasteiger partial charge in [0.25, 0.3) is 0 Å². The van der Waals surface area contributed by atoms with Gasteiger partial charge in [-0.3, -0.25) is 0 Å². The van der Waals surface area contributed by atoms with Crippen molar-refractivity contribution in [2.45, 2.75) is 17.8 Å². The number of aliphatic hydroxyl groups is 1. The molecular weight excluding hydrogens is 376 g/mol. The Balaban J connectivity index is 1.63. The Morgan fingerprint density at radius 2 is 1.34 bits per heavy atom. The summed E-state index contributed by atoms with van der Waals surface area (Å²) in [5, 5.41) is 11.5. The number of benzene rings is 2. The largest absolute Gasteiger partial charge is 0.493 e. The third kappa shape index (κ3) is 3.19. The summed E-state index contributed by atoms with van der Waals surface area (Å²) in [5.74, 6) is 2.29. The van der Waals surface area contributed by atoms with Crippen LogP contribution in [0.1, 0.15) is 23.3 Å². The van der Waals surface area contributed by atoms with Gasteiger partial charge in [-0.2, -0.15) is 0 Å². The second-order valence-electron chi connectivity index (χ2n) is 7.27. The fraction of sp³-hybridized carbons (Fsp3) is 0.455. The van der Waals surface area contributed by atoms with E-state index in [2.05, 4.69) is 0 Å². The van der Waals surface area contributed by atoms with Crippen molar-refractivity contribution in [1.82, 2.24) is 0 Å². The number of hydrogen-bond donors (Lipinski definition) is 1. The Kier molecular flexibility index (Phi) is 5.29. The van der Waals surface area contributed by atoms with Crippen LogP contribution in [0.4, 0.5) is 0 Å². The van der Waals surface area contributed by atoms with E-state index < -0.39 is 11.7 Å². The van der Waals surface area contributed by atoms with E-state index in [1.807, 2.05) is 36.4 Å². The van der Waals surface area contributed by atoms with E-state index in [9.17, 15) is 5.11 Å². The molecule has 0 bridgehead atoms. The van der Waals surface area contributed by atoms with E-state index in [0.717, 1.165) is 11.1 Å². The number of ether oxygens (including phenoxy) is 6. The smallest absolute Gasteiger partial charge is 0.161 e. The molecule has 2 aromatic rings. The first-order valence-electron chi connectivity index (χ1n) is 9.45. The molecule has 2 aliphatic rings. The van der Waals surface area contributed by atoms with Crippen molar-refractivity contribution in [3.05, 3.63) is 47.5 Å². The number of rotatable bonds is 6. The van der Waals surface area contributed by atoms with Crippen LogP contribution in [0.25, 0.3) is 0 Å². The van der Waals surface area contributed by atoms with Crippen molar-refractivity contribution >= 4 is 0 Å². The van der Waals surface area contributed by atoms with Crippen LogP contribution in [0.5, 0.6) is 23.0 Å². The maximum atomic E-state index is 11.5. The highest BCUT2D eigenvalue weighted by Gasteiger charge is 2.59. The van der Waals surface area contributed by atoms with Gasteiger partial charge in [0.2, 0.25) is 0 Å². The van der Waals surface area contributed by atoms with Crippen LogP contribution in [0, 0.1) is 5.92 Å². The highest BCUT2D eigenvalue weighted by atomic mass is 16.6. The molecule has 2 fully saturated rings. The molecule has 2 aromatic carbocycles. The van der Waals surface area contributed by atoms with E-state index in [1.165, 1.54) is 0 Å². The molecule has 7 heteroatoms. The van der Waals surface area contributed by atoms with Gasteiger partial charge in [0.15, 0.2) is 23.0 Å². The zero-order valence-electron chi connectivity index (χ0n) is 17.0. The van der Waals surface area contributed by atoms with Gasteiger partial charge in [0.05, 0.1) is 47.8 Å². The third-order valence-corrected chi connectivity index (χ3v) is 5.84. The molecular formula is C22H26O7. The number of hydrogen-bond acceptors (Lipinski definition) is 7. The maximum absolute atomic E-state index is 11.5. The Morgan fingerprint density at radius 3 is 1.93 bits per heavy atom. The minimum absolute atomic E-state index is 0.176. The zero-order chi connectivity index (χ0) is 20.6. The van der Waals surface area contributed by atoms with E-state index in [1.54, 1.807) is 28.4 Å². The lowest BCUT2D eigenvalue weighted by molar-refractivity contribution is -0.0628. The first-order valence-corrected chi connectivity index (χ1v) is 9.45. The molecule has 0 amide bonds. The Hall–Kier alpha value is -2.48. The molecule has 156 valence electrons. The monoisotopic (exact) mass is 402 g/mol. The van der Waals surface area contributed by atoms with Gasteiger partial charge in [-0.05, 0) is 35.4 Å². The summed E-state index contributed by atoms with van der Waals surface area (Å²) in [4.78, 5) is 0. The minimum Gasteiger partial charge on any atom is -0.493 e. The van der Waals surface area contributed by atoms with Gasteiger partial charge in [-0.1, -0.05) is 12.1 Å². The molecule has 0 unspecified atom stereocenters. The minimum atomic E-state index is -1.14. The van der Waals surface area contributed by atoms with Gasteiger partial charge in [0, 0.05) is 5.92 Å². The first kappa shape index (κ1) is 19.8. The van der Waals surface area contributed by atoms with Crippen LogP contribution in [0.3, 0.4) is 0 Å². The fourth-order valence-electron chi connectivity index (χ4n) is 4.31. The summed E-state index contributed by atoms with van der Waals surface area (Å²) in [7, 11) is 6.37. The van der Waals surface area contributed by atoms with Crippen molar-refractivity contribution < 1.29 is 33.5 Å². The van der Waals surface area contributed by atoms with Gasteiger partial charge < -0.3 is 33.5 Å². The second-order valence-corrected chi connectivity index (χ2v) is 7.27. The predicted molar refractivity (Wildman–Crippen MR) is 105 cm³/mol. The molecule has 4 rings (SSSR count). The van der Waals surface area contributed by atoms with E-state index in [-0.39, 0.29) is 18.6 Å². The summed E-state index contributed by atoms with van der Waals surface area (Å²) in [6.07, 6.45) is -0.817. The molecule has 0 saturated carbocycles. The van der Waals surface area contributed by atoms with E-state index >= 15 is 0 Å². The highest BCUT2D eigenvalue weighted by molar-refractivity contribution is 5.46. The second kappa shape index (κ2) is 7.74. The fourth-order valence-corrected chi connectivity index (χ4v) is 4.31. The Morgan fingerprint density at radius 1 is 0.793 bits per heavy atom. The van der Waals surface area contributed by atoms with Gasteiger partial charge in [0.1, 0.15) is 11.7 Å². The van der Waals surface area contributed by atoms with Gasteiger partial charge in [-0.15, -0.1) is 0 Å². The summed E-state index contributed by atoms with van der Waals surface area (Å²) >= 11 is 0. The predicted octanol–water partition coefficient (Wildman–Crippen LogP) is 2.91. The summed E-state index contributed by atoms with van der Waals surface area (Å²) in [5.41, 5.74) is 0.599. The molecule has 2 saturated heterocycles. The number of fused-ring (bicyclic) bond motifs is 1. The quantitative estimate of drug-likeness (QED) is 0.796. The standard InChI is InChI=1S/C22H26O7/c1-24-16-7-5-13(9-18(16)26-3)20-15-11-28-21(22(15,23)12-29-20)14-6-8-17(25-2)19(10-14)27-4/h5-10,15,20-21,23H,11-12H2,1-4H3/t15-,20-,21+,22+/m0/s1. The zero-order valence-corrected chi connectivity index (χ0v) is 17.0. The van der Waals surface area contributed by atoms with Crippen molar-refractivity contribution in [2.75, 3.05) is 41.7 Å². The molecule has 0 aliphatic carbocycles. The van der Waals surface area contributed by atoms with Crippen LogP contribution < -0.4 is 18.9 Å². The lowest BCUT2D eigenvalue weighted by atomic mass is 9.81. The molecule has 0 radical (unpaired) electrons. The molecule has 2 heterocycles. The highest BCUT2D eigenvalue weighted by Crippen LogP contribution is 2.54. The van der Waals surface area contributed by atoms with Crippen molar-refractivity contribution in [3.8, 4) is 23.0 Å². The van der Waals surface area contributed by atoms with Crippen LogP contribution in [-0.2, 0) is 9.47 Å². The molecule has 2 aliphatic heterocycles. The molecule has 7 nitrogen and oxygen atoms in total. The van der Waals surface area contributed by atoms with E-state index in [0.29, 0.717) is 29.6 Å². The van der Waals surface area contributed by atoms with Crippen molar-refractivity contribution in [2.24, 2.45) is 5.92 Å². The Bertz CT molecular complexity index is 883. The van der Waals surface area contributed by atoms with E-state index in [4.69, 9.17) is 28.4 Å². The molecule has 29 heavy (non-hydrogen) atoms. The summed E-state index contributed by atoms with van der Waals surface area (Å²) < 4.78 is 33.5. The van der Waals surface area contributed by atoms with Gasteiger partial charge in [-0.25, -0.2) is 0 Å². The van der Waals surface area contributed by atoms with Crippen molar-refractivity contribution in [1.29, 1.82) is 0 Å². The van der Waals surface area contributed by atoms with Crippen LogP contribution in [-0.4, -0.2) is 52.4 Å². The molecule has 1 N–H and O–H groups in total. The van der Waals surface area contributed by atoms with Crippen LogP contribution in [0.2, 0.25) is 0 Å². The normalized spacial score (nSPS) is 28.1. The molecule has 0 spiro atoms. The van der Waals surface area contributed by atoms with Gasteiger partial charge >= 0.3 is 0 Å².